The van der Waals surface area contributed by atoms with Crippen molar-refractivity contribution in [3.05, 3.63) is 65.2 Å². The van der Waals surface area contributed by atoms with Crippen molar-refractivity contribution in [2.45, 2.75) is 32.1 Å². The Morgan fingerprint density at radius 2 is 2.00 bits per heavy atom. The molecule has 126 valence electrons. The van der Waals surface area contributed by atoms with E-state index in [1.54, 1.807) is 14.0 Å². The number of fused-ring (bicyclic) bond motifs is 1. The Hall–Kier alpha value is -2.29. The summed E-state index contributed by atoms with van der Waals surface area (Å²) >= 11 is 0. The number of rotatable bonds is 6. The van der Waals surface area contributed by atoms with E-state index in [0.717, 1.165) is 31.6 Å². The highest BCUT2D eigenvalue weighted by Crippen LogP contribution is 2.43. The average Bonchev–Trinajstić information content (AvgIpc) is 2.92. The number of carbonyl (C=O) groups excluding carboxylic acids is 1. The second kappa shape index (κ2) is 7.52. The highest BCUT2D eigenvalue weighted by atomic mass is 16.5. The first-order valence-corrected chi connectivity index (χ1v) is 8.62. The fraction of sp³-hybridized carbons (Fsp3) is 0.381. The Morgan fingerprint density at radius 3 is 2.71 bits per heavy atom. The molecule has 1 N–H and O–H groups in total. The average molecular weight is 323 g/mol. The molecule has 0 heterocycles. The molecule has 1 aliphatic carbocycles. The molecule has 2 atom stereocenters. The van der Waals surface area contributed by atoms with Gasteiger partial charge in [-0.3, -0.25) is 4.79 Å². The molecule has 2 aromatic carbocycles. The number of methoxy groups -OCH3 is 1. The van der Waals surface area contributed by atoms with Crippen LogP contribution in [-0.4, -0.2) is 19.6 Å². The van der Waals surface area contributed by atoms with Crippen molar-refractivity contribution in [1.82, 2.24) is 5.32 Å². The zero-order valence-electron chi connectivity index (χ0n) is 14.4. The summed E-state index contributed by atoms with van der Waals surface area (Å²) in [6.45, 7) is 2.30. The molecular weight excluding hydrogens is 298 g/mol. The molecule has 3 heteroatoms. The normalized spacial score (nSPS) is 18.9. The summed E-state index contributed by atoms with van der Waals surface area (Å²) in [5, 5.41) is 2.95. The van der Waals surface area contributed by atoms with Gasteiger partial charge in [0.05, 0.1) is 7.11 Å². The molecule has 2 unspecified atom stereocenters. The second-order valence-corrected chi connectivity index (χ2v) is 6.60. The van der Waals surface area contributed by atoms with Gasteiger partial charge in [0.15, 0.2) is 0 Å². The summed E-state index contributed by atoms with van der Waals surface area (Å²) in [5.74, 6) is 1.99. The van der Waals surface area contributed by atoms with E-state index in [0.29, 0.717) is 11.8 Å². The lowest BCUT2D eigenvalue weighted by Gasteiger charge is -2.21. The van der Waals surface area contributed by atoms with Crippen molar-refractivity contribution < 1.29 is 9.53 Å². The van der Waals surface area contributed by atoms with Crippen LogP contribution in [0, 0.1) is 5.92 Å². The number of amides is 1. The zero-order chi connectivity index (χ0) is 16.9. The van der Waals surface area contributed by atoms with Gasteiger partial charge in [-0.05, 0) is 59.9 Å². The van der Waals surface area contributed by atoms with Crippen LogP contribution in [-0.2, 0) is 17.6 Å². The second-order valence-electron chi connectivity index (χ2n) is 6.60. The maximum atomic E-state index is 11.2. The van der Waals surface area contributed by atoms with Crippen molar-refractivity contribution >= 4 is 5.91 Å². The van der Waals surface area contributed by atoms with E-state index in [9.17, 15) is 4.79 Å². The quantitative estimate of drug-likeness (QED) is 0.880. The first-order chi connectivity index (χ1) is 11.7. The van der Waals surface area contributed by atoms with Crippen LogP contribution in [0.4, 0.5) is 0 Å². The van der Waals surface area contributed by atoms with E-state index in [-0.39, 0.29) is 5.91 Å². The minimum absolute atomic E-state index is 0.0403. The lowest BCUT2D eigenvalue weighted by molar-refractivity contribution is -0.118. The highest BCUT2D eigenvalue weighted by Gasteiger charge is 2.32. The Balaban J connectivity index is 1.80. The Bertz CT molecular complexity index is 696. The Kier molecular flexibility index (Phi) is 5.19. The van der Waals surface area contributed by atoms with Gasteiger partial charge in [-0.25, -0.2) is 0 Å². The van der Waals surface area contributed by atoms with Crippen molar-refractivity contribution in [3.63, 3.8) is 0 Å². The van der Waals surface area contributed by atoms with Gasteiger partial charge in [0.2, 0.25) is 5.91 Å². The van der Waals surface area contributed by atoms with Crippen molar-refractivity contribution in [2.75, 3.05) is 13.7 Å². The van der Waals surface area contributed by atoms with E-state index < -0.39 is 0 Å². The van der Waals surface area contributed by atoms with Gasteiger partial charge in [0.25, 0.3) is 0 Å². The van der Waals surface area contributed by atoms with Crippen LogP contribution >= 0.6 is 0 Å². The molecule has 0 radical (unpaired) electrons. The predicted octanol–water partition coefficient (Wildman–Crippen LogP) is 3.72. The van der Waals surface area contributed by atoms with E-state index in [1.165, 1.54) is 16.7 Å². The zero-order valence-corrected chi connectivity index (χ0v) is 14.4. The summed E-state index contributed by atoms with van der Waals surface area (Å²) in [4.78, 5) is 11.2. The Labute approximate surface area is 144 Å². The lowest BCUT2D eigenvalue weighted by atomic mass is 9.85. The van der Waals surface area contributed by atoms with Gasteiger partial charge < -0.3 is 10.1 Å². The topological polar surface area (TPSA) is 38.3 Å². The van der Waals surface area contributed by atoms with Crippen molar-refractivity contribution in [2.24, 2.45) is 5.92 Å². The van der Waals surface area contributed by atoms with Crippen molar-refractivity contribution in [3.8, 4) is 5.75 Å². The highest BCUT2D eigenvalue weighted by molar-refractivity contribution is 5.72. The van der Waals surface area contributed by atoms with Gasteiger partial charge in [-0.15, -0.1) is 0 Å². The molecule has 1 amide bonds. The van der Waals surface area contributed by atoms with Gasteiger partial charge in [-0.1, -0.05) is 36.4 Å². The largest absolute Gasteiger partial charge is 0.497 e. The summed E-state index contributed by atoms with van der Waals surface area (Å²) in [5.41, 5.74) is 4.19. The number of carbonyl (C=O) groups is 1. The summed E-state index contributed by atoms with van der Waals surface area (Å²) in [6, 6.07) is 17.1. The molecule has 0 fully saturated rings. The van der Waals surface area contributed by atoms with E-state index >= 15 is 0 Å². The molecule has 0 aromatic heterocycles. The first-order valence-electron chi connectivity index (χ1n) is 8.62. The molecule has 0 spiro atoms. The summed E-state index contributed by atoms with van der Waals surface area (Å²) < 4.78 is 5.41. The molecule has 0 saturated heterocycles. The lowest BCUT2D eigenvalue weighted by Crippen LogP contribution is -2.24. The number of ether oxygens (including phenoxy) is 1. The van der Waals surface area contributed by atoms with Crippen LogP contribution in [0.1, 0.15) is 36.0 Å². The van der Waals surface area contributed by atoms with Crippen LogP contribution < -0.4 is 10.1 Å². The monoisotopic (exact) mass is 323 g/mol. The number of nitrogens with one attached hydrogen (secondary N) is 1. The standard InChI is InChI=1S/C21H25NO2/c1-15(23)22-11-10-20-18(12-16-6-4-3-5-7-16)13-17-8-9-19(24-2)14-21(17)20/h3-9,14,18,20H,10-13H2,1-2H3,(H,22,23). The molecule has 3 rings (SSSR count). The van der Waals surface area contributed by atoms with Gasteiger partial charge in [-0.2, -0.15) is 0 Å². The first kappa shape index (κ1) is 16.6. The molecule has 1 aliphatic rings. The maximum absolute atomic E-state index is 11.2. The molecule has 0 saturated carbocycles. The van der Waals surface area contributed by atoms with Crippen LogP contribution in [0.15, 0.2) is 48.5 Å². The molecule has 0 aliphatic heterocycles. The molecule has 24 heavy (non-hydrogen) atoms. The minimum Gasteiger partial charge on any atom is -0.497 e. The number of hydrogen-bond acceptors (Lipinski definition) is 2. The Morgan fingerprint density at radius 1 is 1.21 bits per heavy atom. The van der Waals surface area contributed by atoms with Gasteiger partial charge in [0, 0.05) is 13.5 Å². The molecule has 2 aromatic rings. The van der Waals surface area contributed by atoms with Crippen LogP contribution in [0.5, 0.6) is 5.75 Å². The summed E-state index contributed by atoms with van der Waals surface area (Å²) in [6.07, 6.45) is 3.14. The third-order valence-corrected chi connectivity index (χ3v) is 4.97. The van der Waals surface area contributed by atoms with Crippen molar-refractivity contribution in [1.29, 1.82) is 0 Å². The van der Waals surface area contributed by atoms with Crippen LogP contribution in [0.25, 0.3) is 0 Å². The van der Waals surface area contributed by atoms with Gasteiger partial charge >= 0.3 is 0 Å². The van der Waals surface area contributed by atoms with Crippen LogP contribution in [0.2, 0.25) is 0 Å². The molecular formula is C21H25NO2. The third-order valence-electron chi connectivity index (χ3n) is 4.97. The van der Waals surface area contributed by atoms with Crippen LogP contribution in [0.3, 0.4) is 0 Å². The van der Waals surface area contributed by atoms with E-state index in [1.807, 2.05) is 0 Å². The van der Waals surface area contributed by atoms with E-state index in [4.69, 9.17) is 4.74 Å². The number of hydrogen-bond donors (Lipinski definition) is 1. The third kappa shape index (κ3) is 3.78. The fourth-order valence-electron chi connectivity index (χ4n) is 3.84. The SMILES string of the molecule is COc1ccc2c(c1)C(CCNC(C)=O)C(Cc1ccccc1)C2. The number of benzene rings is 2. The minimum atomic E-state index is 0.0403. The fourth-order valence-corrected chi connectivity index (χ4v) is 3.84. The molecule has 0 bridgehead atoms. The maximum Gasteiger partial charge on any atom is 0.216 e. The van der Waals surface area contributed by atoms with E-state index in [2.05, 4.69) is 53.8 Å². The smallest absolute Gasteiger partial charge is 0.216 e. The van der Waals surface area contributed by atoms with Gasteiger partial charge in [0.1, 0.15) is 5.75 Å². The predicted molar refractivity (Wildman–Crippen MR) is 96.4 cm³/mol. The molecule has 3 nitrogen and oxygen atoms in total. The summed E-state index contributed by atoms with van der Waals surface area (Å²) in [7, 11) is 1.71.